The molecule has 6 aromatic carbocycles. The number of nitrogens with zero attached hydrogens (tertiary/aromatic N) is 4. The van der Waals surface area contributed by atoms with E-state index in [9.17, 15) is 0 Å². The lowest BCUT2D eigenvalue weighted by Gasteiger charge is -2.10. The molecule has 0 unspecified atom stereocenters. The Labute approximate surface area is 229 Å². The number of hydrogen-bond donors (Lipinski definition) is 0. The van der Waals surface area contributed by atoms with Crippen LogP contribution in [0.1, 0.15) is 0 Å². The van der Waals surface area contributed by atoms with Gasteiger partial charge in [0.1, 0.15) is 0 Å². The summed E-state index contributed by atoms with van der Waals surface area (Å²) in [5.74, 6) is 0.678. The highest BCUT2D eigenvalue weighted by Crippen LogP contribution is 2.42. The average molecular weight is 511 g/mol. The summed E-state index contributed by atoms with van der Waals surface area (Å²) in [6, 6.07) is 45.2. The minimum absolute atomic E-state index is 0.678. The topological polar surface area (TPSA) is 35.6 Å². The number of benzene rings is 6. The second-order valence-corrected chi connectivity index (χ2v) is 10.3. The number of rotatable bonds is 2. The van der Waals surface area contributed by atoms with Crippen LogP contribution in [0.25, 0.3) is 76.9 Å². The summed E-state index contributed by atoms with van der Waals surface area (Å²) in [5.41, 5.74) is 6.66. The van der Waals surface area contributed by atoms with Crippen LogP contribution in [0.3, 0.4) is 0 Å². The number of aromatic nitrogens is 4. The maximum absolute atomic E-state index is 5.00. The molecule has 0 spiro atoms. The molecule has 0 saturated heterocycles. The predicted molar refractivity (Wildman–Crippen MR) is 166 cm³/mol. The summed E-state index contributed by atoms with van der Waals surface area (Å²) in [7, 11) is 0. The molecule has 0 saturated carbocycles. The fraction of sp³-hybridized carbons (Fsp3) is 0. The van der Waals surface area contributed by atoms with Crippen LogP contribution in [0.15, 0.2) is 134 Å². The number of fused-ring (bicyclic) bond motifs is 9. The van der Waals surface area contributed by atoms with Gasteiger partial charge in [-0.1, -0.05) is 84.9 Å². The second-order valence-electron chi connectivity index (χ2n) is 10.3. The fourth-order valence-electron chi connectivity index (χ4n) is 6.37. The summed E-state index contributed by atoms with van der Waals surface area (Å²) in [4.78, 5) is 9.84. The quantitative estimate of drug-likeness (QED) is 0.233. The molecule has 40 heavy (non-hydrogen) atoms. The van der Waals surface area contributed by atoms with Crippen LogP contribution in [0, 0.1) is 0 Å². The summed E-state index contributed by atoms with van der Waals surface area (Å²) in [6.07, 6.45) is 1.92. The molecule has 0 fully saturated rings. The van der Waals surface area contributed by atoms with E-state index in [1.165, 1.54) is 43.4 Å². The SMILES string of the molecule is c1ccc(-n2c3cc4ccccc4cc3c3ccc4c(c5ccccc5n4-c4ncc5ccccc5n4)c32)cc1. The van der Waals surface area contributed by atoms with Crippen molar-refractivity contribution >= 4 is 65.3 Å². The lowest BCUT2D eigenvalue weighted by atomic mass is 10.0. The zero-order chi connectivity index (χ0) is 26.2. The van der Waals surface area contributed by atoms with Gasteiger partial charge in [-0.25, -0.2) is 9.97 Å². The van der Waals surface area contributed by atoms with Crippen molar-refractivity contribution in [2.75, 3.05) is 0 Å². The van der Waals surface area contributed by atoms with E-state index in [0.29, 0.717) is 5.95 Å². The van der Waals surface area contributed by atoms with Gasteiger partial charge in [0.05, 0.1) is 27.6 Å². The molecule has 0 atom stereocenters. The largest absolute Gasteiger partial charge is 0.309 e. The average Bonchev–Trinajstić information content (AvgIpc) is 3.52. The molecule has 0 bridgehead atoms. The molecule has 0 N–H and O–H groups in total. The van der Waals surface area contributed by atoms with E-state index in [0.717, 1.165) is 27.6 Å². The lowest BCUT2D eigenvalue weighted by molar-refractivity contribution is 1.01. The molecule has 3 aromatic heterocycles. The predicted octanol–water partition coefficient (Wildman–Crippen LogP) is 8.98. The first-order valence-corrected chi connectivity index (χ1v) is 13.5. The van der Waals surface area contributed by atoms with E-state index in [4.69, 9.17) is 9.97 Å². The maximum atomic E-state index is 5.00. The standard InChI is InChI=1S/C36H22N4/c1-2-13-26(14-3-1)39-33-21-24-11-5-4-10-23(24)20-29(33)27-18-19-32-34(35(27)39)28-15-7-9-17-31(28)40(32)36-37-22-25-12-6-8-16-30(25)38-36/h1-22H. The van der Waals surface area contributed by atoms with E-state index >= 15 is 0 Å². The summed E-state index contributed by atoms with van der Waals surface area (Å²) < 4.78 is 4.64. The Hall–Kier alpha value is -5.48. The minimum atomic E-state index is 0.678. The smallest absolute Gasteiger partial charge is 0.235 e. The molecule has 0 aliphatic rings. The van der Waals surface area contributed by atoms with Crippen molar-refractivity contribution in [2.24, 2.45) is 0 Å². The zero-order valence-corrected chi connectivity index (χ0v) is 21.5. The molecular formula is C36H22N4. The van der Waals surface area contributed by atoms with Crippen LogP contribution < -0.4 is 0 Å². The van der Waals surface area contributed by atoms with Crippen molar-refractivity contribution in [3.63, 3.8) is 0 Å². The van der Waals surface area contributed by atoms with E-state index < -0.39 is 0 Å². The molecule has 0 amide bonds. The Morgan fingerprint density at radius 1 is 0.475 bits per heavy atom. The highest BCUT2D eigenvalue weighted by molar-refractivity contribution is 6.27. The molecule has 4 heteroatoms. The molecule has 9 aromatic rings. The molecule has 0 aliphatic carbocycles. The monoisotopic (exact) mass is 510 g/mol. The third-order valence-electron chi connectivity index (χ3n) is 8.12. The Balaban J connectivity index is 1.50. The molecule has 3 heterocycles. The highest BCUT2D eigenvalue weighted by atomic mass is 15.2. The summed E-state index contributed by atoms with van der Waals surface area (Å²) >= 11 is 0. The van der Waals surface area contributed by atoms with Gasteiger partial charge >= 0.3 is 0 Å². The molecule has 4 nitrogen and oxygen atoms in total. The molecule has 9 rings (SSSR count). The third-order valence-corrected chi connectivity index (χ3v) is 8.12. The fourth-order valence-corrected chi connectivity index (χ4v) is 6.37. The minimum Gasteiger partial charge on any atom is -0.309 e. The van der Waals surface area contributed by atoms with Crippen LogP contribution in [0.2, 0.25) is 0 Å². The second kappa shape index (κ2) is 8.01. The van der Waals surface area contributed by atoms with Gasteiger partial charge in [-0.15, -0.1) is 0 Å². The van der Waals surface area contributed by atoms with Crippen LogP contribution in [0.4, 0.5) is 0 Å². The van der Waals surface area contributed by atoms with Crippen LogP contribution in [-0.4, -0.2) is 19.1 Å². The lowest BCUT2D eigenvalue weighted by Crippen LogP contribution is -2.01. The van der Waals surface area contributed by atoms with Gasteiger partial charge in [0.2, 0.25) is 5.95 Å². The summed E-state index contributed by atoms with van der Waals surface area (Å²) in [6.45, 7) is 0. The first-order chi connectivity index (χ1) is 19.8. The van der Waals surface area contributed by atoms with Crippen molar-refractivity contribution in [2.45, 2.75) is 0 Å². The van der Waals surface area contributed by atoms with Gasteiger partial charge in [-0.2, -0.15) is 0 Å². The van der Waals surface area contributed by atoms with Gasteiger partial charge in [-0.3, -0.25) is 4.57 Å². The van der Waals surface area contributed by atoms with Crippen LogP contribution in [0.5, 0.6) is 0 Å². The Bertz CT molecular complexity index is 2430. The van der Waals surface area contributed by atoms with Gasteiger partial charge in [0, 0.05) is 38.8 Å². The maximum Gasteiger partial charge on any atom is 0.235 e. The van der Waals surface area contributed by atoms with Crippen molar-refractivity contribution in [3.05, 3.63) is 134 Å². The van der Waals surface area contributed by atoms with E-state index in [1.807, 2.05) is 24.4 Å². The van der Waals surface area contributed by atoms with Crippen molar-refractivity contribution in [1.82, 2.24) is 19.1 Å². The third kappa shape index (κ3) is 2.90. The first-order valence-electron chi connectivity index (χ1n) is 13.5. The van der Waals surface area contributed by atoms with Gasteiger partial charge in [0.25, 0.3) is 0 Å². The first kappa shape index (κ1) is 21.5. The Morgan fingerprint density at radius 3 is 2.08 bits per heavy atom. The number of hydrogen-bond acceptors (Lipinski definition) is 2. The molecule has 0 aliphatic heterocycles. The summed E-state index contributed by atoms with van der Waals surface area (Å²) in [5, 5.41) is 8.38. The highest BCUT2D eigenvalue weighted by Gasteiger charge is 2.21. The molecular weight excluding hydrogens is 488 g/mol. The van der Waals surface area contributed by atoms with Crippen molar-refractivity contribution < 1.29 is 0 Å². The Morgan fingerprint density at radius 2 is 1.20 bits per heavy atom. The van der Waals surface area contributed by atoms with E-state index in [-0.39, 0.29) is 0 Å². The van der Waals surface area contributed by atoms with Gasteiger partial charge < -0.3 is 4.57 Å². The van der Waals surface area contributed by atoms with Crippen LogP contribution >= 0.6 is 0 Å². The molecule has 0 radical (unpaired) electrons. The van der Waals surface area contributed by atoms with E-state index in [2.05, 4.69) is 118 Å². The normalized spacial score (nSPS) is 12.0. The number of para-hydroxylation sites is 3. The van der Waals surface area contributed by atoms with Crippen LogP contribution in [-0.2, 0) is 0 Å². The van der Waals surface area contributed by atoms with E-state index in [1.54, 1.807) is 0 Å². The van der Waals surface area contributed by atoms with Gasteiger partial charge in [-0.05, 0) is 53.2 Å². The Kier molecular flexibility index (Phi) is 4.30. The van der Waals surface area contributed by atoms with Gasteiger partial charge in [0.15, 0.2) is 0 Å². The van der Waals surface area contributed by atoms with Crippen molar-refractivity contribution in [1.29, 1.82) is 0 Å². The molecule has 186 valence electrons. The van der Waals surface area contributed by atoms with Crippen molar-refractivity contribution in [3.8, 4) is 11.6 Å². The zero-order valence-electron chi connectivity index (χ0n) is 21.5.